The molecule has 1 aromatic heterocycles. The Kier molecular flexibility index (Phi) is 4.23. The van der Waals surface area contributed by atoms with Crippen molar-refractivity contribution >= 4 is 17.5 Å². The van der Waals surface area contributed by atoms with Crippen molar-refractivity contribution in [3.8, 4) is 0 Å². The van der Waals surface area contributed by atoms with Gasteiger partial charge in [-0.25, -0.2) is 4.79 Å². The van der Waals surface area contributed by atoms with Crippen molar-refractivity contribution in [1.82, 2.24) is 0 Å². The molecule has 0 saturated heterocycles. The van der Waals surface area contributed by atoms with Crippen LogP contribution in [0.15, 0.2) is 40.8 Å². The first-order chi connectivity index (χ1) is 9.19. The molecule has 1 aromatic carbocycles. The first kappa shape index (κ1) is 13.2. The minimum absolute atomic E-state index is 0.0675. The number of aryl methyl sites for hydroxylation is 1. The molecule has 2 rings (SSSR count). The van der Waals surface area contributed by atoms with Gasteiger partial charge in [0.25, 0.3) is 0 Å². The van der Waals surface area contributed by atoms with Crippen LogP contribution in [0.4, 0.5) is 11.6 Å². The average Bonchev–Trinajstić information content (AvgIpc) is 2.87. The third-order valence-corrected chi connectivity index (χ3v) is 2.86. The molecule has 2 aromatic rings. The van der Waals surface area contributed by atoms with Crippen molar-refractivity contribution in [2.45, 2.75) is 26.2 Å². The summed E-state index contributed by atoms with van der Waals surface area (Å²) in [6, 6.07) is 11.1. The highest BCUT2D eigenvalue weighted by molar-refractivity contribution is 5.85. The van der Waals surface area contributed by atoms with E-state index in [1.165, 1.54) is 24.5 Å². The topological polar surface area (TPSA) is 62.5 Å². The molecule has 0 spiro atoms. The van der Waals surface area contributed by atoms with E-state index >= 15 is 0 Å². The van der Waals surface area contributed by atoms with Crippen LogP contribution in [0.5, 0.6) is 0 Å². The highest BCUT2D eigenvalue weighted by atomic mass is 16.4. The molecular formula is C15H17NO3. The van der Waals surface area contributed by atoms with Crippen LogP contribution in [0.25, 0.3) is 0 Å². The zero-order valence-corrected chi connectivity index (χ0v) is 10.8. The molecule has 0 radical (unpaired) electrons. The molecule has 100 valence electrons. The van der Waals surface area contributed by atoms with E-state index in [1.807, 2.05) is 12.1 Å². The summed E-state index contributed by atoms with van der Waals surface area (Å²) in [5, 5.41) is 11.8. The number of aromatic carboxylic acids is 1. The Labute approximate surface area is 112 Å². The zero-order chi connectivity index (χ0) is 13.7. The van der Waals surface area contributed by atoms with Crippen LogP contribution in [0, 0.1) is 0 Å². The second-order valence-corrected chi connectivity index (χ2v) is 4.39. The molecule has 0 atom stereocenters. The number of hydrogen-bond donors (Lipinski definition) is 2. The summed E-state index contributed by atoms with van der Waals surface area (Å²) >= 11 is 0. The number of hydrogen-bond acceptors (Lipinski definition) is 3. The molecule has 0 saturated carbocycles. The molecule has 4 heteroatoms. The van der Waals surface area contributed by atoms with Crippen LogP contribution in [-0.4, -0.2) is 11.1 Å². The highest BCUT2D eigenvalue weighted by Crippen LogP contribution is 2.20. The van der Waals surface area contributed by atoms with Gasteiger partial charge in [0.1, 0.15) is 0 Å². The van der Waals surface area contributed by atoms with Crippen molar-refractivity contribution in [3.63, 3.8) is 0 Å². The standard InChI is InChI=1S/C15H17NO3/c1-2-3-4-11-5-7-12(8-6-11)16-14-10-9-13(19-14)15(17)18/h5-10,16H,2-4H2,1H3,(H,17,18). The van der Waals surface area contributed by atoms with Gasteiger partial charge >= 0.3 is 5.97 Å². The van der Waals surface area contributed by atoms with Gasteiger partial charge in [0.05, 0.1) is 0 Å². The lowest BCUT2D eigenvalue weighted by atomic mass is 10.1. The summed E-state index contributed by atoms with van der Waals surface area (Å²) in [4.78, 5) is 10.7. The number of anilines is 2. The number of furan rings is 1. The number of carboxylic acids is 1. The van der Waals surface area contributed by atoms with E-state index in [0.29, 0.717) is 5.88 Å². The van der Waals surface area contributed by atoms with Crippen LogP contribution >= 0.6 is 0 Å². The Morgan fingerprint density at radius 1 is 1.21 bits per heavy atom. The Hall–Kier alpha value is -2.23. The maximum absolute atomic E-state index is 10.7. The van der Waals surface area contributed by atoms with Crippen molar-refractivity contribution in [2.24, 2.45) is 0 Å². The number of carboxylic acid groups (broad SMARTS) is 1. The minimum atomic E-state index is -1.07. The van der Waals surface area contributed by atoms with E-state index in [4.69, 9.17) is 9.52 Å². The van der Waals surface area contributed by atoms with Gasteiger partial charge in [-0.05, 0) is 36.6 Å². The van der Waals surface area contributed by atoms with Gasteiger partial charge in [-0.3, -0.25) is 0 Å². The smallest absolute Gasteiger partial charge is 0.371 e. The molecule has 0 unspecified atom stereocenters. The van der Waals surface area contributed by atoms with E-state index in [0.717, 1.165) is 12.1 Å². The molecule has 0 bridgehead atoms. The Morgan fingerprint density at radius 2 is 1.95 bits per heavy atom. The maximum atomic E-state index is 10.7. The summed E-state index contributed by atoms with van der Waals surface area (Å²) < 4.78 is 5.13. The quantitative estimate of drug-likeness (QED) is 0.821. The van der Waals surface area contributed by atoms with Crippen LogP contribution < -0.4 is 5.32 Å². The second-order valence-electron chi connectivity index (χ2n) is 4.39. The molecule has 1 heterocycles. The molecule has 0 aliphatic rings. The molecule has 0 fully saturated rings. The number of benzene rings is 1. The molecular weight excluding hydrogens is 242 g/mol. The third kappa shape index (κ3) is 3.61. The van der Waals surface area contributed by atoms with Gasteiger partial charge < -0.3 is 14.8 Å². The number of nitrogens with one attached hydrogen (secondary N) is 1. The van der Waals surface area contributed by atoms with Gasteiger partial charge in [0.15, 0.2) is 5.88 Å². The Bertz CT molecular complexity index is 543. The predicted octanol–water partition coefficient (Wildman–Crippen LogP) is 4.06. The Balaban J connectivity index is 2.00. The first-order valence-corrected chi connectivity index (χ1v) is 6.38. The van der Waals surface area contributed by atoms with Gasteiger partial charge in [0, 0.05) is 11.8 Å². The van der Waals surface area contributed by atoms with Crippen molar-refractivity contribution in [2.75, 3.05) is 5.32 Å². The summed E-state index contributed by atoms with van der Waals surface area (Å²) in [6.45, 7) is 2.17. The van der Waals surface area contributed by atoms with Gasteiger partial charge in [-0.1, -0.05) is 25.5 Å². The first-order valence-electron chi connectivity index (χ1n) is 6.38. The molecule has 0 aliphatic heterocycles. The van der Waals surface area contributed by atoms with E-state index in [1.54, 1.807) is 6.07 Å². The monoisotopic (exact) mass is 259 g/mol. The molecule has 4 nitrogen and oxygen atoms in total. The summed E-state index contributed by atoms with van der Waals surface area (Å²) in [5.41, 5.74) is 2.18. The maximum Gasteiger partial charge on any atom is 0.371 e. The Morgan fingerprint density at radius 3 is 2.53 bits per heavy atom. The van der Waals surface area contributed by atoms with E-state index in [-0.39, 0.29) is 5.76 Å². The fraction of sp³-hybridized carbons (Fsp3) is 0.267. The van der Waals surface area contributed by atoms with E-state index < -0.39 is 5.97 Å². The van der Waals surface area contributed by atoms with Crippen LogP contribution in [0.1, 0.15) is 35.9 Å². The second kappa shape index (κ2) is 6.09. The van der Waals surface area contributed by atoms with Gasteiger partial charge in [-0.15, -0.1) is 0 Å². The average molecular weight is 259 g/mol. The van der Waals surface area contributed by atoms with Crippen LogP contribution in [0.3, 0.4) is 0 Å². The third-order valence-electron chi connectivity index (χ3n) is 2.86. The predicted molar refractivity (Wildman–Crippen MR) is 74.0 cm³/mol. The fourth-order valence-corrected chi connectivity index (χ4v) is 1.80. The largest absolute Gasteiger partial charge is 0.475 e. The molecule has 0 aliphatic carbocycles. The normalized spacial score (nSPS) is 10.4. The number of carbonyl (C=O) groups is 1. The summed E-state index contributed by atoms with van der Waals surface area (Å²) in [7, 11) is 0. The van der Waals surface area contributed by atoms with Crippen molar-refractivity contribution in [1.29, 1.82) is 0 Å². The zero-order valence-electron chi connectivity index (χ0n) is 10.8. The summed E-state index contributed by atoms with van der Waals surface area (Å²) in [6.07, 6.45) is 3.46. The lowest BCUT2D eigenvalue weighted by Gasteiger charge is -2.04. The number of rotatable bonds is 6. The van der Waals surface area contributed by atoms with Crippen LogP contribution in [-0.2, 0) is 6.42 Å². The lowest BCUT2D eigenvalue weighted by molar-refractivity contribution is 0.0663. The van der Waals surface area contributed by atoms with E-state index in [2.05, 4.69) is 24.4 Å². The van der Waals surface area contributed by atoms with Crippen LogP contribution in [0.2, 0.25) is 0 Å². The molecule has 19 heavy (non-hydrogen) atoms. The molecule has 2 N–H and O–H groups in total. The minimum Gasteiger partial charge on any atom is -0.475 e. The van der Waals surface area contributed by atoms with Crippen molar-refractivity contribution < 1.29 is 14.3 Å². The fourth-order valence-electron chi connectivity index (χ4n) is 1.80. The van der Waals surface area contributed by atoms with E-state index in [9.17, 15) is 4.79 Å². The summed E-state index contributed by atoms with van der Waals surface area (Å²) in [5.74, 6) is -0.705. The lowest BCUT2D eigenvalue weighted by Crippen LogP contribution is -1.93. The number of unbranched alkanes of at least 4 members (excludes halogenated alkanes) is 1. The van der Waals surface area contributed by atoms with Gasteiger partial charge in [0.2, 0.25) is 5.76 Å². The molecule has 0 amide bonds. The van der Waals surface area contributed by atoms with Gasteiger partial charge in [-0.2, -0.15) is 0 Å². The van der Waals surface area contributed by atoms with Crippen molar-refractivity contribution in [3.05, 3.63) is 47.7 Å². The SMILES string of the molecule is CCCCc1ccc(Nc2ccc(C(=O)O)o2)cc1. The highest BCUT2D eigenvalue weighted by Gasteiger charge is 2.08.